The molecule has 24 heavy (non-hydrogen) atoms. The number of piperidine rings is 1. The molecular formula is C19H29NO3S. The first kappa shape index (κ1) is 19.1. The van der Waals surface area contributed by atoms with Gasteiger partial charge in [0.15, 0.2) is 0 Å². The van der Waals surface area contributed by atoms with Crippen molar-refractivity contribution < 1.29 is 13.2 Å². The smallest absolute Gasteiger partial charge is 0.243 e. The van der Waals surface area contributed by atoms with Gasteiger partial charge in [0, 0.05) is 24.9 Å². The lowest BCUT2D eigenvalue weighted by molar-refractivity contribution is -0.130. The first-order valence-electron chi connectivity index (χ1n) is 8.74. The number of ketones is 1. The molecule has 0 aromatic heterocycles. The van der Waals surface area contributed by atoms with Crippen molar-refractivity contribution in [3.05, 3.63) is 30.3 Å². The molecule has 1 saturated heterocycles. The minimum Gasteiger partial charge on any atom is -0.299 e. The zero-order valence-electron chi connectivity index (χ0n) is 15.2. The number of hydrogen-bond acceptors (Lipinski definition) is 3. The summed E-state index contributed by atoms with van der Waals surface area (Å²) in [6, 6.07) is 8.57. The molecule has 0 bridgehead atoms. The molecule has 0 N–H and O–H groups in total. The lowest BCUT2D eigenvalue weighted by Crippen LogP contribution is -2.40. The molecule has 0 unspecified atom stereocenters. The highest BCUT2D eigenvalue weighted by Crippen LogP contribution is 2.33. The molecule has 0 spiro atoms. The van der Waals surface area contributed by atoms with Crippen molar-refractivity contribution in [3.63, 3.8) is 0 Å². The number of sulfonamides is 1. The lowest BCUT2D eigenvalue weighted by atomic mass is 9.74. The SMILES string of the molecule is CC(C)C(C)(C)C(=O)CC1CCN(S(=O)(=O)c2ccccc2)CC1. The van der Waals surface area contributed by atoms with E-state index in [0.717, 1.165) is 12.8 Å². The molecule has 0 aliphatic carbocycles. The van der Waals surface area contributed by atoms with Crippen LogP contribution >= 0.6 is 0 Å². The van der Waals surface area contributed by atoms with E-state index in [0.29, 0.717) is 36.1 Å². The van der Waals surface area contributed by atoms with E-state index >= 15 is 0 Å². The number of carbonyl (C=O) groups excluding carboxylic acids is 1. The van der Waals surface area contributed by atoms with Crippen molar-refractivity contribution in [3.8, 4) is 0 Å². The molecule has 2 rings (SSSR count). The highest BCUT2D eigenvalue weighted by atomic mass is 32.2. The van der Waals surface area contributed by atoms with Crippen molar-refractivity contribution in [1.82, 2.24) is 4.31 Å². The van der Waals surface area contributed by atoms with Crippen LogP contribution in [0.5, 0.6) is 0 Å². The van der Waals surface area contributed by atoms with Crippen LogP contribution in [0.3, 0.4) is 0 Å². The summed E-state index contributed by atoms with van der Waals surface area (Å²) in [6.45, 7) is 9.17. The Hall–Kier alpha value is -1.20. The van der Waals surface area contributed by atoms with Crippen LogP contribution in [0.1, 0.15) is 47.0 Å². The molecule has 0 saturated carbocycles. The number of rotatable bonds is 6. The highest BCUT2D eigenvalue weighted by Gasteiger charge is 2.35. The summed E-state index contributed by atoms with van der Waals surface area (Å²) in [4.78, 5) is 12.9. The van der Waals surface area contributed by atoms with E-state index in [1.807, 2.05) is 19.9 Å². The monoisotopic (exact) mass is 351 g/mol. The van der Waals surface area contributed by atoms with Crippen molar-refractivity contribution in [1.29, 1.82) is 0 Å². The molecule has 0 atom stereocenters. The topological polar surface area (TPSA) is 54.5 Å². The second-order valence-corrected chi connectivity index (χ2v) is 9.60. The summed E-state index contributed by atoms with van der Waals surface area (Å²) < 4.78 is 26.8. The van der Waals surface area contributed by atoms with Gasteiger partial charge in [-0.05, 0) is 36.8 Å². The molecule has 5 heteroatoms. The van der Waals surface area contributed by atoms with Gasteiger partial charge >= 0.3 is 0 Å². The Morgan fingerprint density at radius 3 is 2.21 bits per heavy atom. The predicted molar refractivity (Wildman–Crippen MR) is 96.2 cm³/mol. The standard InChI is InChI=1S/C19H29NO3S/c1-15(2)19(3,4)18(21)14-16-10-12-20(13-11-16)24(22,23)17-8-6-5-7-9-17/h5-9,15-16H,10-14H2,1-4H3. The van der Waals surface area contributed by atoms with Crippen LogP contribution in [-0.4, -0.2) is 31.6 Å². The molecule has 1 fully saturated rings. The molecule has 4 nitrogen and oxygen atoms in total. The van der Waals surface area contributed by atoms with E-state index in [9.17, 15) is 13.2 Å². The number of carbonyl (C=O) groups is 1. The summed E-state index contributed by atoms with van der Waals surface area (Å²) in [6.07, 6.45) is 2.07. The van der Waals surface area contributed by atoms with Gasteiger partial charge in [-0.15, -0.1) is 0 Å². The van der Waals surface area contributed by atoms with Gasteiger partial charge in [-0.3, -0.25) is 4.79 Å². The first-order chi connectivity index (χ1) is 11.2. The Balaban J connectivity index is 1.96. The molecule has 1 aromatic rings. The third kappa shape index (κ3) is 4.06. The second kappa shape index (κ2) is 7.36. The highest BCUT2D eigenvalue weighted by molar-refractivity contribution is 7.89. The third-order valence-electron chi connectivity index (χ3n) is 5.59. The van der Waals surface area contributed by atoms with Crippen molar-refractivity contribution in [2.45, 2.75) is 51.9 Å². The fourth-order valence-electron chi connectivity index (χ4n) is 2.94. The number of benzene rings is 1. The van der Waals surface area contributed by atoms with E-state index < -0.39 is 10.0 Å². The van der Waals surface area contributed by atoms with Crippen LogP contribution in [0.4, 0.5) is 0 Å². The fourth-order valence-corrected chi connectivity index (χ4v) is 4.43. The maximum absolute atomic E-state index is 12.6. The third-order valence-corrected chi connectivity index (χ3v) is 7.50. The maximum atomic E-state index is 12.6. The molecule has 0 radical (unpaired) electrons. The maximum Gasteiger partial charge on any atom is 0.243 e. The lowest BCUT2D eigenvalue weighted by Gasteiger charge is -2.34. The number of nitrogens with zero attached hydrogens (tertiary/aromatic N) is 1. The Bertz CT molecular complexity index is 657. The number of hydrogen-bond donors (Lipinski definition) is 0. The summed E-state index contributed by atoms with van der Waals surface area (Å²) in [5.41, 5.74) is -0.312. The van der Waals surface area contributed by atoms with Crippen LogP contribution in [-0.2, 0) is 14.8 Å². The zero-order chi connectivity index (χ0) is 18.0. The summed E-state index contributed by atoms with van der Waals surface area (Å²) >= 11 is 0. The summed E-state index contributed by atoms with van der Waals surface area (Å²) in [5, 5.41) is 0. The van der Waals surface area contributed by atoms with Crippen LogP contribution in [0.2, 0.25) is 0 Å². The second-order valence-electron chi connectivity index (χ2n) is 7.66. The molecule has 1 heterocycles. The average Bonchev–Trinajstić information content (AvgIpc) is 2.56. The Kier molecular flexibility index (Phi) is 5.87. The quantitative estimate of drug-likeness (QED) is 0.785. The largest absolute Gasteiger partial charge is 0.299 e. The minimum absolute atomic E-state index is 0.290. The molecule has 0 amide bonds. The van der Waals surface area contributed by atoms with Crippen molar-refractivity contribution >= 4 is 15.8 Å². The Labute approximate surface area is 146 Å². The van der Waals surface area contributed by atoms with Gasteiger partial charge < -0.3 is 0 Å². The van der Waals surface area contributed by atoms with Gasteiger partial charge in [0.2, 0.25) is 10.0 Å². The van der Waals surface area contributed by atoms with E-state index in [2.05, 4.69) is 13.8 Å². The molecular weight excluding hydrogens is 322 g/mol. The van der Waals surface area contributed by atoms with Gasteiger partial charge in [0.25, 0.3) is 0 Å². The van der Waals surface area contributed by atoms with E-state index in [4.69, 9.17) is 0 Å². The molecule has 1 aromatic carbocycles. The van der Waals surface area contributed by atoms with Crippen LogP contribution in [0, 0.1) is 17.3 Å². The minimum atomic E-state index is -3.41. The van der Waals surface area contributed by atoms with Crippen molar-refractivity contribution in [2.24, 2.45) is 17.3 Å². The van der Waals surface area contributed by atoms with Gasteiger partial charge in [-0.2, -0.15) is 4.31 Å². The van der Waals surface area contributed by atoms with Gasteiger partial charge in [-0.25, -0.2) is 8.42 Å². The van der Waals surface area contributed by atoms with E-state index in [1.54, 1.807) is 28.6 Å². The fraction of sp³-hybridized carbons (Fsp3) is 0.632. The molecule has 1 aliphatic rings. The van der Waals surface area contributed by atoms with Gasteiger partial charge in [-0.1, -0.05) is 45.9 Å². The molecule has 134 valence electrons. The van der Waals surface area contributed by atoms with Gasteiger partial charge in [0.05, 0.1) is 4.90 Å². The summed E-state index contributed by atoms with van der Waals surface area (Å²) in [7, 11) is -3.41. The first-order valence-corrected chi connectivity index (χ1v) is 10.2. The Morgan fingerprint density at radius 1 is 1.17 bits per heavy atom. The zero-order valence-corrected chi connectivity index (χ0v) is 16.0. The van der Waals surface area contributed by atoms with Crippen LogP contribution in [0.25, 0.3) is 0 Å². The number of Topliss-reactive ketones (excluding diaryl/α,β-unsaturated/α-hetero) is 1. The van der Waals surface area contributed by atoms with E-state index in [-0.39, 0.29) is 11.3 Å². The average molecular weight is 352 g/mol. The normalized spacial score (nSPS) is 18.0. The van der Waals surface area contributed by atoms with Gasteiger partial charge in [0.1, 0.15) is 5.78 Å². The van der Waals surface area contributed by atoms with Crippen LogP contribution in [0.15, 0.2) is 35.2 Å². The summed E-state index contributed by atoms with van der Waals surface area (Å²) in [5.74, 6) is 0.892. The van der Waals surface area contributed by atoms with Crippen molar-refractivity contribution in [2.75, 3.05) is 13.1 Å². The van der Waals surface area contributed by atoms with Crippen LogP contribution < -0.4 is 0 Å². The Morgan fingerprint density at radius 2 is 1.71 bits per heavy atom. The predicted octanol–water partition coefficient (Wildman–Crippen LogP) is 3.73. The molecule has 1 aliphatic heterocycles. The van der Waals surface area contributed by atoms with E-state index in [1.165, 1.54) is 0 Å².